The average molecular weight is 533 g/mol. The van der Waals surface area contributed by atoms with Gasteiger partial charge in [0.05, 0.1) is 13.0 Å². The molecule has 0 bridgehead atoms. The van der Waals surface area contributed by atoms with Gasteiger partial charge < -0.3 is 9.47 Å². The summed E-state index contributed by atoms with van der Waals surface area (Å²) in [6, 6.07) is 8.53. The first kappa shape index (κ1) is 19.0. The molecule has 112 valence electrons. The van der Waals surface area contributed by atoms with Gasteiger partial charge in [0, 0.05) is 6.10 Å². The SMILES string of the molecule is CCOC(=O)CC(O[C-]1CCCC1)c1[c-]c(Cl)ccc1.[U+2]. The molecule has 3 nitrogen and oxygen atoms in total. The van der Waals surface area contributed by atoms with Crippen molar-refractivity contribution in [3.63, 3.8) is 0 Å². The van der Waals surface area contributed by atoms with Gasteiger partial charge in [-0.2, -0.15) is 43.2 Å². The molecular weight excluding hydrogens is 514 g/mol. The van der Waals surface area contributed by atoms with Crippen molar-refractivity contribution >= 4 is 17.6 Å². The number of esters is 1. The second-order valence-corrected chi connectivity index (χ2v) is 5.22. The molecule has 21 heavy (non-hydrogen) atoms. The van der Waals surface area contributed by atoms with E-state index < -0.39 is 0 Å². The first-order valence-electron chi connectivity index (χ1n) is 7.03. The van der Waals surface area contributed by atoms with Crippen LogP contribution in [0.1, 0.15) is 50.7 Å². The molecule has 1 aromatic rings. The van der Waals surface area contributed by atoms with Crippen molar-refractivity contribution in [2.75, 3.05) is 6.61 Å². The van der Waals surface area contributed by atoms with Crippen LogP contribution in [-0.2, 0) is 14.3 Å². The van der Waals surface area contributed by atoms with Crippen LogP contribution in [0.4, 0.5) is 0 Å². The van der Waals surface area contributed by atoms with Gasteiger partial charge in [-0.05, 0) is 6.92 Å². The van der Waals surface area contributed by atoms with Crippen LogP contribution < -0.4 is 0 Å². The predicted molar refractivity (Wildman–Crippen MR) is 77.1 cm³/mol. The summed E-state index contributed by atoms with van der Waals surface area (Å²) in [5.41, 5.74) is 0.796. The molecule has 0 aliphatic heterocycles. The Bertz CT molecular complexity index is 447. The van der Waals surface area contributed by atoms with E-state index in [1.54, 1.807) is 13.0 Å². The van der Waals surface area contributed by atoms with E-state index in [9.17, 15) is 4.79 Å². The van der Waals surface area contributed by atoms with Crippen molar-refractivity contribution in [1.29, 1.82) is 0 Å². The minimum atomic E-state index is -0.360. The molecule has 1 unspecified atom stereocenters. The van der Waals surface area contributed by atoms with E-state index in [2.05, 4.69) is 6.07 Å². The van der Waals surface area contributed by atoms with E-state index in [1.807, 2.05) is 12.1 Å². The van der Waals surface area contributed by atoms with E-state index in [-0.39, 0.29) is 49.6 Å². The van der Waals surface area contributed by atoms with Crippen molar-refractivity contribution < 1.29 is 45.4 Å². The number of carbonyl (C=O) groups excluding carboxylic acids is 1. The molecule has 0 saturated heterocycles. The Morgan fingerprint density at radius 2 is 2.14 bits per heavy atom. The fraction of sp³-hybridized carbons (Fsp3) is 0.500. The third-order valence-electron chi connectivity index (χ3n) is 3.26. The Labute approximate surface area is 155 Å². The molecular formula is C16H19ClO3U. The average Bonchev–Trinajstić information content (AvgIpc) is 2.91. The van der Waals surface area contributed by atoms with Gasteiger partial charge in [-0.1, -0.05) is 17.9 Å². The normalized spacial score (nSPS) is 16.3. The summed E-state index contributed by atoms with van der Waals surface area (Å²) in [4.78, 5) is 11.7. The Balaban J connectivity index is 0.00000220. The van der Waals surface area contributed by atoms with Crippen LogP contribution in [-0.4, -0.2) is 12.6 Å². The fourth-order valence-electron chi connectivity index (χ4n) is 2.32. The zero-order chi connectivity index (χ0) is 14.4. The maximum atomic E-state index is 11.7. The number of hydrogen-bond donors (Lipinski definition) is 0. The minimum absolute atomic E-state index is 0. The number of halogens is 1. The van der Waals surface area contributed by atoms with Gasteiger partial charge in [-0.15, -0.1) is 17.2 Å². The maximum absolute atomic E-state index is 11.7. The van der Waals surface area contributed by atoms with Gasteiger partial charge in [0.15, 0.2) is 0 Å². The molecule has 1 fully saturated rings. The summed E-state index contributed by atoms with van der Waals surface area (Å²) in [6.45, 7) is 2.17. The summed E-state index contributed by atoms with van der Waals surface area (Å²) in [7, 11) is 0. The van der Waals surface area contributed by atoms with Crippen LogP contribution >= 0.6 is 11.6 Å². The Kier molecular flexibility index (Phi) is 8.97. The Hall–Kier alpha value is -0.00805. The molecule has 0 aromatic heterocycles. The van der Waals surface area contributed by atoms with Gasteiger partial charge >= 0.3 is 37.1 Å². The molecule has 1 aliphatic rings. The summed E-state index contributed by atoms with van der Waals surface area (Å²) in [5, 5.41) is 0.524. The first-order valence-corrected chi connectivity index (χ1v) is 7.41. The van der Waals surface area contributed by atoms with Crippen LogP contribution in [0.15, 0.2) is 18.2 Å². The minimum Gasteiger partial charge on any atom is -0.544 e. The quantitative estimate of drug-likeness (QED) is 0.406. The van der Waals surface area contributed by atoms with Crippen molar-refractivity contribution in [2.24, 2.45) is 0 Å². The van der Waals surface area contributed by atoms with Crippen LogP contribution in [0.25, 0.3) is 0 Å². The van der Waals surface area contributed by atoms with E-state index in [4.69, 9.17) is 21.1 Å². The fourth-order valence-corrected chi connectivity index (χ4v) is 2.50. The van der Waals surface area contributed by atoms with Crippen molar-refractivity contribution in [2.45, 2.75) is 45.1 Å². The zero-order valence-corrected chi connectivity index (χ0v) is 17.1. The maximum Gasteiger partial charge on any atom is 2.00 e. The van der Waals surface area contributed by atoms with Gasteiger partial charge in [-0.3, -0.25) is 4.79 Å². The van der Waals surface area contributed by atoms with Crippen LogP contribution in [0.5, 0.6) is 0 Å². The smallest absolute Gasteiger partial charge is 0.544 e. The van der Waals surface area contributed by atoms with Crippen molar-refractivity contribution in [1.82, 2.24) is 0 Å². The molecule has 0 spiro atoms. The van der Waals surface area contributed by atoms with Crippen LogP contribution in [0, 0.1) is 43.3 Å². The van der Waals surface area contributed by atoms with E-state index in [0.717, 1.165) is 37.4 Å². The summed E-state index contributed by atoms with van der Waals surface area (Å²) in [5.74, 6) is -0.260. The number of ether oxygens (including phenoxy) is 2. The summed E-state index contributed by atoms with van der Waals surface area (Å²) in [6.07, 6.45) is 5.14. The van der Waals surface area contributed by atoms with E-state index in [1.165, 1.54) is 0 Å². The van der Waals surface area contributed by atoms with Gasteiger partial charge in [0.1, 0.15) is 0 Å². The molecule has 0 heterocycles. The largest absolute Gasteiger partial charge is 2.00 e. The summed E-state index contributed by atoms with van der Waals surface area (Å²) >= 11 is 5.97. The topological polar surface area (TPSA) is 35.5 Å². The molecule has 1 aromatic carbocycles. The van der Waals surface area contributed by atoms with Gasteiger partial charge in [0.25, 0.3) is 0 Å². The van der Waals surface area contributed by atoms with E-state index >= 15 is 0 Å². The van der Waals surface area contributed by atoms with Crippen LogP contribution in [0.2, 0.25) is 5.02 Å². The number of rotatable bonds is 6. The molecule has 5 heteroatoms. The number of benzene rings is 1. The standard InChI is InChI=1S/C16H19ClO3.U/c1-2-19-16(18)11-15(20-14-8-3-4-9-14)12-6-5-7-13(17)10-12;/h5-7,15H,2-4,8-9,11H2,1H3;/q-2;+2. The molecule has 1 atom stereocenters. The molecule has 1 aliphatic carbocycles. The molecule has 0 amide bonds. The Morgan fingerprint density at radius 1 is 1.43 bits per heavy atom. The molecule has 1 saturated carbocycles. The van der Waals surface area contributed by atoms with Gasteiger partial charge in [0.2, 0.25) is 0 Å². The molecule has 0 N–H and O–H groups in total. The molecule has 0 radical (unpaired) electrons. The number of carbonyl (C=O) groups is 1. The first-order chi connectivity index (χ1) is 9.69. The summed E-state index contributed by atoms with van der Waals surface area (Å²) < 4.78 is 11.0. The third-order valence-corrected chi connectivity index (χ3v) is 3.48. The second-order valence-electron chi connectivity index (χ2n) is 4.82. The van der Waals surface area contributed by atoms with Crippen molar-refractivity contribution in [3.8, 4) is 0 Å². The Morgan fingerprint density at radius 3 is 2.76 bits per heavy atom. The molecule has 2 rings (SSSR count). The second kappa shape index (κ2) is 9.90. The van der Waals surface area contributed by atoms with E-state index in [0.29, 0.717) is 11.6 Å². The van der Waals surface area contributed by atoms with Crippen LogP contribution in [0.3, 0.4) is 0 Å². The zero-order valence-electron chi connectivity index (χ0n) is 12.2. The predicted octanol–water partition coefficient (Wildman–Crippen LogP) is 4.26. The third kappa shape index (κ3) is 6.32. The number of hydrogen-bond acceptors (Lipinski definition) is 3. The van der Waals surface area contributed by atoms with Crippen molar-refractivity contribution in [3.05, 3.63) is 41.0 Å². The van der Waals surface area contributed by atoms with Gasteiger partial charge in [-0.25, -0.2) is 0 Å². The monoisotopic (exact) mass is 532 g/mol.